The molecule has 4 rings (SSSR count). The molecule has 7 atom stereocenters. The van der Waals surface area contributed by atoms with E-state index in [4.69, 9.17) is 4.74 Å². The van der Waals surface area contributed by atoms with Crippen molar-refractivity contribution in [1.82, 2.24) is 0 Å². The van der Waals surface area contributed by atoms with Crippen molar-refractivity contribution in [2.45, 2.75) is 76.6 Å². The van der Waals surface area contributed by atoms with E-state index in [0.717, 1.165) is 23.7 Å². The van der Waals surface area contributed by atoms with E-state index in [1.807, 2.05) is 0 Å². The third-order valence-corrected chi connectivity index (χ3v) is 6.66. The lowest BCUT2D eigenvalue weighted by atomic mass is 9.58. The predicted octanol–water partition coefficient (Wildman–Crippen LogP) is 3.73. The summed E-state index contributed by atoms with van der Waals surface area (Å²) >= 11 is 0. The summed E-state index contributed by atoms with van der Waals surface area (Å²) in [5, 5.41) is 9.73. The monoisotopic (exact) mass is 264 g/mol. The summed E-state index contributed by atoms with van der Waals surface area (Å²) in [6, 6.07) is 0. The van der Waals surface area contributed by atoms with Crippen LogP contribution in [-0.4, -0.2) is 17.5 Å². The van der Waals surface area contributed by atoms with Crippen LogP contribution in [0.25, 0.3) is 0 Å². The van der Waals surface area contributed by atoms with Gasteiger partial charge in [-0.1, -0.05) is 51.4 Å². The summed E-state index contributed by atoms with van der Waals surface area (Å²) < 4.78 is 5.61. The van der Waals surface area contributed by atoms with Gasteiger partial charge in [0, 0.05) is 5.92 Å². The molecule has 3 saturated carbocycles. The van der Waals surface area contributed by atoms with E-state index in [2.05, 4.69) is 0 Å². The van der Waals surface area contributed by atoms with E-state index < -0.39 is 6.29 Å². The fourth-order valence-electron chi connectivity index (χ4n) is 5.72. The number of fused-ring (bicyclic) bond motifs is 6. The molecule has 0 aromatic heterocycles. The Labute approximate surface area is 116 Å². The van der Waals surface area contributed by atoms with Gasteiger partial charge in [-0.25, -0.2) is 0 Å². The molecule has 2 nitrogen and oxygen atoms in total. The van der Waals surface area contributed by atoms with Gasteiger partial charge in [-0.15, -0.1) is 0 Å². The van der Waals surface area contributed by atoms with E-state index in [9.17, 15) is 5.11 Å². The molecule has 1 N–H and O–H groups in total. The Morgan fingerprint density at radius 3 is 2.16 bits per heavy atom. The first kappa shape index (κ1) is 12.6. The maximum atomic E-state index is 9.73. The Morgan fingerprint density at radius 1 is 0.737 bits per heavy atom. The van der Waals surface area contributed by atoms with Crippen LogP contribution in [0.1, 0.15) is 64.2 Å². The molecule has 0 bridgehead atoms. The second kappa shape index (κ2) is 5.04. The van der Waals surface area contributed by atoms with Gasteiger partial charge in [0.1, 0.15) is 0 Å². The van der Waals surface area contributed by atoms with Crippen LogP contribution >= 0.6 is 0 Å². The van der Waals surface area contributed by atoms with Gasteiger partial charge in [0.25, 0.3) is 0 Å². The predicted molar refractivity (Wildman–Crippen MR) is 74.5 cm³/mol. The van der Waals surface area contributed by atoms with Gasteiger partial charge in [-0.05, 0) is 36.5 Å². The van der Waals surface area contributed by atoms with Crippen LogP contribution in [0.4, 0.5) is 0 Å². The van der Waals surface area contributed by atoms with Crippen molar-refractivity contribution in [3.63, 3.8) is 0 Å². The molecule has 1 aliphatic heterocycles. The van der Waals surface area contributed by atoms with Crippen molar-refractivity contribution in [3.8, 4) is 0 Å². The molecule has 4 fully saturated rings. The topological polar surface area (TPSA) is 29.5 Å². The molecule has 0 aromatic carbocycles. The third-order valence-electron chi connectivity index (χ3n) is 6.66. The van der Waals surface area contributed by atoms with Crippen molar-refractivity contribution in [2.75, 3.05) is 0 Å². The van der Waals surface area contributed by atoms with Crippen molar-refractivity contribution in [3.05, 3.63) is 0 Å². The van der Waals surface area contributed by atoms with Gasteiger partial charge in [0.15, 0.2) is 6.29 Å². The fraction of sp³-hybridized carbons (Fsp3) is 1.00. The standard InChI is InChI=1S/C17H28O2/c18-17-15-13-10-11-8-6-4-2-1-3-5-7-9-12(11)14(13)16(15)19-17/h11-18H,1-10H2/t11?,12?,13?,14-,15?,16?,17?/m0/s1. The minimum absolute atomic E-state index is 0.412. The first-order valence-electron chi connectivity index (χ1n) is 8.70. The van der Waals surface area contributed by atoms with Crippen molar-refractivity contribution >= 4 is 0 Å². The lowest BCUT2D eigenvalue weighted by molar-refractivity contribution is -0.369. The number of aliphatic hydroxyl groups is 1. The van der Waals surface area contributed by atoms with Gasteiger partial charge in [-0.2, -0.15) is 0 Å². The molecule has 108 valence electrons. The largest absolute Gasteiger partial charge is 0.368 e. The van der Waals surface area contributed by atoms with Gasteiger partial charge < -0.3 is 9.84 Å². The van der Waals surface area contributed by atoms with Crippen LogP contribution in [0.15, 0.2) is 0 Å². The molecule has 2 heteroatoms. The molecule has 0 radical (unpaired) electrons. The average Bonchev–Trinajstić information content (AvgIpc) is 2.64. The molecular formula is C17H28O2. The van der Waals surface area contributed by atoms with Gasteiger partial charge in [0.2, 0.25) is 0 Å². The summed E-state index contributed by atoms with van der Waals surface area (Å²) in [7, 11) is 0. The molecule has 1 saturated heterocycles. The highest BCUT2D eigenvalue weighted by Gasteiger charge is 2.67. The Kier molecular flexibility index (Phi) is 3.35. The molecular weight excluding hydrogens is 236 g/mol. The second-order valence-corrected chi connectivity index (χ2v) is 7.52. The lowest BCUT2D eigenvalue weighted by Crippen LogP contribution is -2.67. The van der Waals surface area contributed by atoms with E-state index >= 15 is 0 Å². The summed E-state index contributed by atoms with van der Waals surface area (Å²) in [5.74, 6) is 4.03. The summed E-state index contributed by atoms with van der Waals surface area (Å²) in [6.45, 7) is 0. The van der Waals surface area contributed by atoms with Gasteiger partial charge in [0.05, 0.1) is 6.10 Å². The van der Waals surface area contributed by atoms with E-state index in [1.165, 1.54) is 64.2 Å². The van der Waals surface area contributed by atoms with Gasteiger partial charge >= 0.3 is 0 Å². The number of hydrogen-bond donors (Lipinski definition) is 1. The summed E-state index contributed by atoms with van der Waals surface area (Å²) in [4.78, 5) is 0. The Bertz CT molecular complexity index is 329. The first-order valence-corrected chi connectivity index (χ1v) is 8.70. The van der Waals surface area contributed by atoms with Crippen LogP contribution in [0.3, 0.4) is 0 Å². The summed E-state index contributed by atoms with van der Waals surface area (Å²) in [5.41, 5.74) is 0. The smallest absolute Gasteiger partial charge is 0.160 e. The van der Waals surface area contributed by atoms with Crippen LogP contribution in [-0.2, 0) is 4.74 Å². The zero-order valence-corrected chi connectivity index (χ0v) is 12.0. The average molecular weight is 264 g/mol. The third kappa shape index (κ3) is 1.98. The molecule has 19 heavy (non-hydrogen) atoms. The first-order chi connectivity index (χ1) is 9.36. The maximum Gasteiger partial charge on any atom is 0.160 e. The molecule has 0 amide bonds. The zero-order chi connectivity index (χ0) is 12.8. The van der Waals surface area contributed by atoms with Crippen molar-refractivity contribution < 1.29 is 9.84 Å². The molecule has 4 aliphatic rings. The Hall–Kier alpha value is -0.0800. The Morgan fingerprint density at radius 2 is 1.42 bits per heavy atom. The minimum atomic E-state index is -0.412. The zero-order valence-electron chi connectivity index (χ0n) is 12.0. The van der Waals surface area contributed by atoms with Crippen molar-refractivity contribution in [1.29, 1.82) is 0 Å². The summed E-state index contributed by atoms with van der Waals surface area (Å²) in [6.07, 6.45) is 14.5. The minimum Gasteiger partial charge on any atom is -0.368 e. The highest BCUT2D eigenvalue weighted by molar-refractivity contribution is 5.12. The molecule has 3 aliphatic carbocycles. The highest BCUT2D eigenvalue weighted by Crippen LogP contribution is 2.65. The van der Waals surface area contributed by atoms with Crippen LogP contribution in [0.2, 0.25) is 0 Å². The Balaban J connectivity index is 1.44. The van der Waals surface area contributed by atoms with E-state index in [-0.39, 0.29) is 0 Å². The lowest BCUT2D eigenvalue weighted by Gasteiger charge is -2.60. The normalized spacial score (nSPS) is 53.8. The molecule has 0 aromatic rings. The van der Waals surface area contributed by atoms with Gasteiger partial charge in [-0.3, -0.25) is 0 Å². The number of hydrogen-bond acceptors (Lipinski definition) is 2. The van der Waals surface area contributed by atoms with Crippen LogP contribution in [0, 0.1) is 29.6 Å². The van der Waals surface area contributed by atoms with Crippen LogP contribution in [0.5, 0.6) is 0 Å². The fourth-order valence-corrected chi connectivity index (χ4v) is 5.72. The SMILES string of the molecule is OC1OC2C1C1CC3CCCCCCCCCC3[C@@H]12. The molecule has 1 heterocycles. The number of aliphatic hydroxyl groups excluding tert-OH is 1. The van der Waals surface area contributed by atoms with Crippen molar-refractivity contribution in [2.24, 2.45) is 29.6 Å². The number of rotatable bonds is 0. The quantitative estimate of drug-likeness (QED) is 0.722. The second-order valence-electron chi connectivity index (χ2n) is 7.52. The van der Waals surface area contributed by atoms with E-state index in [1.54, 1.807) is 0 Å². The highest BCUT2D eigenvalue weighted by atomic mass is 16.6. The molecule has 6 unspecified atom stereocenters. The molecule has 0 spiro atoms. The van der Waals surface area contributed by atoms with E-state index in [0.29, 0.717) is 12.0 Å². The maximum absolute atomic E-state index is 9.73. The number of ether oxygens (including phenoxy) is 1. The van der Waals surface area contributed by atoms with Crippen LogP contribution < -0.4 is 0 Å².